The molecular weight excluding hydrogens is 282 g/mol. The number of hydrogen-bond acceptors (Lipinski definition) is 4. The summed E-state index contributed by atoms with van der Waals surface area (Å²) in [5.41, 5.74) is 4.03. The lowest BCUT2D eigenvalue weighted by molar-refractivity contribution is -0.121. The van der Waals surface area contributed by atoms with E-state index in [1.54, 1.807) is 13.4 Å². The van der Waals surface area contributed by atoms with E-state index >= 15 is 0 Å². The van der Waals surface area contributed by atoms with E-state index in [9.17, 15) is 4.79 Å². The van der Waals surface area contributed by atoms with Crippen LogP contribution in [0.4, 0.5) is 0 Å². The van der Waals surface area contributed by atoms with Crippen LogP contribution in [0.15, 0.2) is 22.8 Å². The van der Waals surface area contributed by atoms with Gasteiger partial charge in [0.05, 0.1) is 31.9 Å². The van der Waals surface area contributed by atoms with Crippen LogP contribution in [-0.2, 0) is 20.7 Å². The van der Waals surface area contributed by atoms with Gasteiger partial charge in [-0.25, -0.2) is 0 Å². The molecule has 0 radical (unpaired) electrons. The monoisotopic (exact) mass is 303 g/mol. The number of aryl methyl sites for hydroxylation is 2. The van der Waals surface area contributed by atoms with Crippen LogP contribution >= 0.6 is 0 Å². The summed E-state index contributed by atoms with van der Waals surface area (Å²) in [6.07, 6.45) is 1.90. The molecule has 0 saturated carbocycles. The lowest BCUT2D eigenvalue weighted by atomic mass is 10.0. The van der Waals surface area contributed by atoms with Crippen molar-refractivity contribution in [1.29, 1.82) is 0 Å². The molecule has 1 aliphatic heterocycles. The molecule has 3 rings (SSSR count). The van der Waals surface area contributed by atoms with Crippen LogP contribution in [0.5, 0.6) is 0 Å². The van der Waals surface area contributed by atoms with Crippen LogP contribution in [0, 0.1) is 13.8 Å². The number of furan rings is 1. The molecule has 0 spiro atoms. The zero-order chi connectivity index (χ0) is 15.7. The Labute approximate surface area is 129 Å². The van der Waals surface area contributed by atoms with E-state index < -0.39 is 0 Å². The highest BCUT2D eigenvalue weighted by molar-refractivity contribution is 5.90. The molecule has 2 unspecified atom stereocenters. The van der Waals surface area contributed by atoms with Gasteiger partial charge in [-0.1, -0.05) is 6.07 Å². The van der Waals surface area contributed by atoms with Crippen molar-refractivity contribution < 1.29 is 18.7 Å². The average molecular weight is 303 g/mol. The van der Waals surface area contributed by atoms with Gasteiger partial charge in [0.2, 0.25) is 5.91 Å². The van der Waals surface area contributed by atoms with E-state index in [2.05, 4.69) is 11.4 Å². The van der Waals surface area contributed by atoms with Gasteiger partial charge in [0, 0.05) is 18.1 Å². The summed E-state index contributed by atoms with van der Waals surface area (Å²) in [5, 5.41) is 4.02. The lowest BCUT2D eigenvalue weighted by Gasteiger charge is -2.17. The maximum atomic E-state index is 12.3. The molecule has 118 valence electrons. The van der Waals surface area contributed by atoms with Crippen LogP contribution in [0.2, 0.25) is 0 Å². The van der Waals surface area contributed by atoms with Crippen molar-refractivity contribution in [3.8, 4) is 0 Å². The van der Waals surface area contributed by atoms with Gasteiger partial charge in [0.25, 0.3) is 0 Å². The Morgan fingerprint density at radius 3 is 2.95 bits per heavy atom. The second-order valence-corrected chi connectivity index (χ2v) is 5.88. The van der Waals surface area contributed by atoms with Gasteiger partial charge in [-0.15, -0.1) is 0 Å². The smallest absolute Gasteiger partial charge is 0.224 e. The Hall–Kier alpha value is -1.85. The van der Waals surface area contributed by atoms with Crippen molar-refractivity contribution in [3.05, 3.63) is 35.1 Å². The molecular formula is C17H21NO4. The number of methoxy groups -OCH3 is 1. The Morgan fingerprint density at radius 2 is 2.18 bits per heavy atom. The highest BCUT2D eigenvalue weighted by Gasteiger charge is 2.29. The fourth-order valence-electron chi connectivity index (χ4n) is 3.09. The summed E-state index contributed by atoms with van der Waals surface area (Å²) in [6, 6.07) is 4.01. The molecule has 1 saturated heterocycles. The average Bonchev–Trinajstić information content (AvgIpc) is 3.05. The molecule has 1 fully saturated rings. The SMILES string of the molecule is COC1COCC1NC(=O)Cc1coc2cc(C)cc(C)c12. The van der Waals surface area contributed by atoms with Crippen LogP contribution in [0.25, 0.3) is 11.0 Å². The van der Waals surface area contributed by atoms with Gasteiger partial charge < -0.3 is 19.2 Å². The molecule has 1 aromatic carbocycles. The summed E-state index contributed by atoms with van der Waals surface area (Å²) in [5.74, 6) is -0.0415. The fraction of sp³-hybridized carbons (Fsp3) is 0.471. The van der Waals surface area contributed by atoms with Crippen LogP contribution in [-0.4, -0.2) is 38.4 Å². The number of fused-ring (bicyclic) bond motifs is 1. The number of benzene rings is 1. The quantitative estimate of drug-likeness (QED) is 0.940. The third kappa shape index (κ3) is 2.87. The Morgan fingerprint density at radius 1 is 1.36 bits per heavy atom. The third-order valence-corrected chi connectivity index (χ3v) is 4.12. The zero-order valence-corrected chi connectivity index (χ0v) is 13.1. The van der Waals surface area contributed by atoms with Gasteiger partial charge in [-0.05, 0) is 31.0 Å². The minimum atomic E-state index is -0.0843. The summed E-state index contributed by atoms with van der Waals surface area (Å²) >= 11 is 0. The number of nitrogens with one attached hydrogen (secondary N) is 1. The first kappa shape index (κ1) is 15.1. The van der Waals surface area contributed by atoms with Crippen LogP contribution < -0.4 is 5.32 Å². The Bertz CT molecular complexity index is 691. The van der Waals surface area contributed by atoms with Crippen molar-refractivity contribution >= 4 is 16.9 Å². The summed E-state index contributed by atoms with van der Waals surface area (Å²) in [6.45, 7) is 5.09. The van der Waals surface area contributed by atoms with Crippen molar-refractivity contribution in [2.45, 2.75) is 32.4 Å². The molecule has 1 amide bonds. The number of carbonyl (C=O) groups is 1. The number of ether oxygens (including phenoxy) is 2. The van der Waals surface area contributed by atoms with Crippen LogP contribution in [0.3, 0.4) is 0 Å². The normalized spacial score (nSPS) is 21.4. The molecule has 0 bridgehead atoms. The van der Waals surface area contributed by atoms with Crippen LogP contribution in [0.1, 0.15) is 16.7 Å². The van der Waals surface area contributed by atoms with Crippen molar-refractivity contribution in [3.63, 3.8) is 0 Å². The highest BCUT2D eigenvalue weighted by Crippen LogP contribution is 2.26. The number of rotatable bonds is 4. The van der Waals surface area contributed by atoms with E-state index in [0.717, 1.165) is 27.7 Å². The Balaban J connectivity index is 1.74. The maximum Gasteiger partial charge on any atom is 0.224 e. The second-order valence-electron chi connectivity index (χ2n) is 5.88. The Kier molecular flexibility index (Phi) is 4.18. The lowest BCUT2D eigenvalue weighted by Crippen LogP contribution is -2.43. The number of carbonyl (C=O) groups excluding carboxylic acids is 1. The molecule has 2 aromatic rings. The zero-order valence-electron chi connectivity index (χ0n) is 13.1. The molecule has 1 N–H and O–H groups in total. The van der Waals surface area contributed by atoms with E-state index in [4.69, 9.17) is 13.9 Å². The maximum absolute atomic E-state index is 12.3. The molecule has 22 heavy (non-hydrogen) atoms. The van der Waals surface area contributed by atoms with E-state index in [-0.39, 0.29) is 18.1 Å². The first-order valence-corrected chi connectivity index (χ1v) is 7.45. The summed E-state index contributed by atoms with van der Waals surface area (Å²) < 4.78 is 16.2. The van der Waals surface area contributed by atoms with Crippen molar-refractivity contribution in [1.82, 2.24) is 5.32 Å². The molecule has 5 heteroatoms. The van der Waals surface area contributed by atoms with Gasteiger partial charge in [-0.2, -0.15) is 0 Å². The largest absolute Gasteiger partial charge is 0.464 e. The predicted molar refractivity (Wildman–Crippen MR) is 82.9 cm³/mol. The topological polar surface area (TPSA) is 60.7 Å². The molecule has 5 nitrogen and oxygen atoms in total. The molecule has 2 atom stereocenters. The van der Waals surface area contributed by atoms with Gasteiger partial charge in [-0.3, -0.25) is 4.79 Å². The minimum Gasteiger partial charge on any atom is -0.464 e. The van der Waals surface area contributed by atoms with E-state index in [1.165, 1.54) is 0 Å². The minimum absolute atomic E-state index is 0.0415. The van der Waals surface area contributed by atoms with Crippen molar-refractivity contribution in [2.75, 3.05) is 20.3 Å². The molecule has 2 heterocycles. The fourth-order valence-corrected chi connectivity index (χ4v) is 3.09. The first-order chi connectivity index (χ1) is 10.6. The van der Waals surface area contributed by atoms with E-state index in [0.29, 0.717) is 19.6 Å². The van der Waals surface area contributed by atoms with Crippen molar-refractivity contribution in [2.24, 2.45) is 0 Å². The second kappa shape index (κ2) is 6.10. The standard InChI is InChI=1S/C17H21NO4/c1-10-4-11(2)17-12(7-22-14(17)5-10)6-16(19)18-13-8-21-9-15(13)20-3/h4-5,7,13,15H,6,8-9H2,1-3H3,(H,18,19). The molecule has 1 aliphatic rings. The number of hydrogen-bond donors (Lipinski definition) is 1. The first-order valence-electron chi connectivity index (χ1n) is 7.45. The van der Waals surface area contributed by atoms with E-state index in [1.807, 2.05) is 19.9 Å². The predicted octanol–water partition coefficient (Wildman–Crippen LogP) is 2.12. The van der Waals surface area contributed by atoms with Gasteiger partial charge >= 0.3 is 0 Å². The summed E-state index contributed by atoms with van der Waals surface area (Å²) in [7, 11) is 1.63. The third-order valence-electron chi connectivity index (χ3n) is 4.12. The van der Waals surface area contributed by atoms with Gasteiger partial charge in [0.15, 0.2) is 0 Å². The van der Waals surface area contributed by atoms with Gasteiger partial charge in [0.1, 0.15) is 11.7 Å². The molecule has 1 aromatic heterocycles. The molecule has 0 aliphatic carbocycles. The summed E-state index contributed by atoms with van der Waals surface area (Å²) in [4.78, 5) is 12.3. The highest BCUT2D eigenvalue weighted by atomic mass is 16.5. The number of amides is 1.